The molecule has 1 aliphatic rings. The molecule has 0 bridgehead atoms. The van der Waals surface area contributed by atoms with Crippen LogP contribution in [0.4, 0.5) is 0 Å². The van der Waals surface area contributed by atoms with Gasteiger partial charge in [-0.3, -0.25) is 0 Å². The maximum Gasteiger partial charge on any atom is 0.335 e. The molecule has 0 radical (unpaired) electrons. The van der Waals surface area contributed by atoms with Crippen LogP contribution in [-0.2, 0) is 14.3 Å². The third kappa shape index (κ3) is 1.46. The van der Waals surface area contributed by atoms with E-state index < -0.39 is 12.4 Å². The van der Waals surface area contributed by atoms with Gasteiger partial charge in [-0.25, -0.2) is 4.79 Å². The molecule has 0 aliphatic carbocycles. The second-order valence-corrected chi connectivity index (χ2v) is 2.07. The average molecular weight is 146 g/mol. The van der Waals surface area contributed by atoms with E-state index in [-0.39, 0.29) is 5.97 Å². The van der Waals surface area contributed by atoms with Crippen LogP contribution in [0.3, 0.4) is 0 Å². The van der Waals surface area contributed by atoms with Crippen LogP contribution in [0.1, 0.15) is 13.3 Å². The SMILES string of the molecule is CCOC(=O)C1CC(O)O1. The van der Waals surface area contributed by atoms with Crippen molar-refractivity contribution >= 4 is 5.97 Å². The first-order chi connectivity index (χ1) is 4.74. The number of ether oxygens (including phenoxy) is 2. The fourth-order valence-corrected chi connectivity index (χ4v) is 0.749. The summed E-state index contributed by atoms with van der Waals surface area (Å²) in [6.45, 7) is 2.09. The summed E-state index contributed by atoms with van der Waals surface area (Å²) in [4.78, 5) is 10.7. The van der Waals surface area contributed by atoms with E-state index in [2.05, 4.69) is 9.47 Å². The second kappa shape index (κ2) is 2.98. The third-order valence-corrected chi connectivity index (χ3v) is 1.29. The molecular formula is C6H10O4. The molecule has 1 N–H and O–H groups in total. The lowest BCUT2D eigenvalue weighted by atomic mass is 10.2. The lowest BCUT2D eigenvalue weighted by molar-refractivity contribution is -0.239. The summed E-state index contributed by atoms with van der Waals surface area (Å²) in [7, 11) is 0. The Hall–Kier alpha value is -0.610. The lowest BCUT2D eigenvalue weighted by Gasteiger charge is -2.29. The highest BCUT2D eigenvalue weighted by atomic mass is 16.7. The molecule has 1 aliphatic heterocycles. The van der Waals surface area contributed by atoms with E-state index in [1.807, 2.05) is 0 Å². The number of aliphatic hydroxyl groups excluding tert-OH is 1. The highest BCUT2D eigenvalue weighted by Crippen LogP contribution is 2.18. The number of rotatable bonds is 2. The summed E-state index contributed by atoms with van der Waals surface area (Å²) in [5.41, 5.74) is 0. The molecule has 1 heterocycles. The number of hydrogen-bond donors (Lipinski definition) is 1. The molecule has 1 rings (SSSR count). The minimum absolute atomic E-state index is 0.356. The molecule has 2 unspecified atom stereocenters. The Labute approximate surface area is 58.7 Å². The van der Waals surface area contributed by atoms with Crippen molar-refractivity contribution in [2.24, 2.45) is 0 Å². The highest BCUT2D eigenvalue weighted by molar-refractivity contribution is 5.75. The van der Waals surface area contributed by atoms with E-state index in [4.69, 9.17) is 5.11 Å². The molecule has 0 saturated carbocycles. The van der Waals surface area contributed by atoms with Crippen molar-refractivity contribution in [3.8, 4) is 0 Å². The zero-order valence-electron chi connectivity index (χ0n) is 5.74. The van der Waals surface area contributed by atoms with Crippen LogP contribution in [0.5, 0.6) is 0 Å². The predicted octanol–water partition coefficient (Wildman–Crippen LogP) is -0.343. The Morgan fingerprint density at radius 3 is 2.90 bits per heavy atom. The van der Waals surface area contributed by atoms with Crippen LogP contribution >= 0.6 is 0 Å². The zero-order chi connectivity index (χ0) is 7.56. The van der Waals surface area contributed by atoms with Gasteiger partial charge in [0.1, 0.15) is 0 Å². The molecule has 0 amide bonds. The Morgan fingerprint density at radius 1 is 1.90 bits per heavy atom. The average Bonchev–Trinajstić information content (AvgIpc) is 1.82. The van der Waals surface area contributed by atoms with E-state index in [1.54, 1.807) is 6.92 Å². The monoisotopic (exact) mass is 146 g/mol. The lowest BCUT2D eigenvalue weighted by Crippen LogP contribution is -2.43. The van der Waals surface area contributed by atoms with Crippen molar-refractivity contribution in [2.75, 3.05) is 6.61 Å². The smallest absolute Gasteiger partial charge is 0.335 e. The van der Waals surface area contributed by atoms with Gasteiger partial charge in [0, 0.05) is 6.42 Å². The summed E-state index contributed by atoms with van der Waals surface area (Å²) >= 11 is 0. The topological polar surface area (TPSA) is 55.8 Å². The van der Waals surface area contributed by atoms with Gasteiger partial charge in [-0.15, -0.1) is 0 Å². The molecule has 4 heteroatoms. The predicted molar refractivity (Wildman–Crippen MR) is 32.1 cm³/mol. The molecule has 58 valence electrons. The van der Waals surface area contributed by atoms with Gasteiger partial charge in [-0.1, -0.05) is 0 Å². The molecule has 4 nitrogen and oxygen atoms in total. The number of esters is 1. The molecule has 1 fully saturated rings. The highest BCUT2D eigenvalue weighted by Gasteiger charge is 2.35. The maximum absolute atomic E-state index is 10.7. The molecule has 0 aromatic rings. The van der Waals surface area contributed by atoms with Crippen molar-refractivity contribution in [1.29, 1.82) is 0 Å². The van der Waals surface area contributed by atoms with E-state index in [9.17, 15) is 4.79 Å². The number of aliphatic hydroxyl groups is 1. The van der Waals surface area contributed by atoms with E-state index in [1.165, 1.54) is 0 Å². The van der Waals surface area contributed by atoms with Crippen LogP contribution in [0, 0.1) is 0 Å². The number of carbonyl (C=O) groups excluding carboxylic acids is 1. The van der Waals surface area contributed by atoms with Crippen molar-refractivity contribution in [2.45, 2.75) is 25.7 Å². The van der Waals surface area contributed by atoms with Crippen LogP contribution in [0.25, 0.3) is 0 Å². The third-order valence-electron chi connectivity index (χ3n) is 1.29. The Bertz CT molecular complexity index is 128. The van der Waals surface area contributed by atoms with Crippen molar-refractivity contribution < 1.29 is 19.4 Å². The van der Waals surface area contributed by atoms with Gasteiger partial charge in [-0.2, -0.15) is 0 Å². The van der Waals surface area contributed by atoms with Gasteiger partial charge < -0.3 is 14.6 Å². The zero-order valence-corrected chi connectivity index (χ0v) is 5.74. The number of hydrogen-bond acceptors (Lipinski definition) is 4. The first kappa shape index (κ1) is 7.50. The summed E-state index contributed by atoms with van der Waals surface area (Å²) in [6, 6.07) is 0. The maximum atomic E-state index is 10.7. The first-order valence-electron chi connectivity index (χ1n) is 3.24. The summed E-state index contributed by atoms with van der Waals surface area (Å²) in [5, 5.41) is 8.61. The van der Waals surface area contributed by atoms with Gasteiger partial charge in [0.2, 0.25) is 0 Å². The molecule has 1 saturated heterocycles. The van der Waals surface area contributed by atoms with Crippen molar-refractivity contribution in [3.63, 3.8) is 0 Å². The number of carbonyl (C=O) groups is 1. The molecule has 0 aromatic carbocycles. The largest absolute Gasteiger partial charge is 0.464 e. The van der Waals surface area contributed by atoms with Gasteiger partial charge in [0.05, 0.1) is 6.61 Å². The Kier molecular flexibility index (Phi) is 2.24. The molecular weight excluding hydrogens is 136 g/mol. The molecule has 0 aromatic heterocycles. The van der Waals surface area contributed by atoms with Crippen LogP contribution in [-0.4, -0.2) is 30.1 Å². The van der Waals surface area contributed by atoms with Crippen LogP contribution < -0.4 is 0 Å². The van der Waals surface area contributed by atoms with Gasteiger partial charge in [0.25, 0.3) is 0 Å². The van der Waals surface area contributed by atoms with Crippen molar-refractivity contribution in [1.82, 2.24) is 0 Å². The standard InChI is InChI=1S/C6H10O4/c1-2-9-6(8)4-3-5(7)10-4/h4-5,7H,2-3H2,1H3. The molecule has 10 heavy (non-hydrogen) atoms. The fraction of sp³-hybridized carbons (Fsp3) is 0.833. The van der Waals surface area contributed by atoms with Crippen molar-refractivity contribution in [3.05, 3.63) is 0 Å². The summed E-state index contributed by atoms with van der Waals surface area (Å²) in [6.07, 6.45) is -0.942. The Balaban J connectivity index is 2.18. The van der Waals surface area contributed by atoms with Gasteiger partial charge in [-0.05, 0) is 6.92 Å². The summed E-state index contributed by atoms with van der Waals surface area (Å²) < 4.78 is 9.25. The summed E-state index contributed by atoms with van der Waals surface area (Å²) in [5.74, 6) is -0.382. The second-order valence-electron chi connectivity index (χ2n) is 2.07. The van der Waals surface area contributed by atoms with E-state index in [0.717, 1.165) is 0 Å². The first-order valence-corrected chi connectivity index (χ1v) is 3.24. The van der Waals surface area contributed by atoms with Gasteiger partial charge in [0.15, 0.2) is 12.4 Å². The minimum atomic E-state index is -0.769. The fourth-order valence-electron chi connectivity index (χ4n) is 0.749. The quantitative estimate of drug-likeness (QED) is 0.541. The Morgan fingerprint density at radius 2 is 2.50 bits per heavy atom. The van der Waals surface area contributed by atoms with Crippen LogP contribution in [0.2, 0.25) is 0 Å². The van der Waals surface area contributed by atoms with Gasteiger partial charge >= 0.3 is 5.97 Å². The van der Waals surface area contributed by atoms with Crippen LogP contribution in [0.15, 0.2) is 0 Å². The van der Waals surface area contributed by atoms with E-state index >= 15 is 0 Å². The molecule has 2 atom stereocenters. The molecule has 0 spiro atoms. The minimum Gasteiger partial charge on any atom is -0.464 e. The van der Waals surface area contributed by atoms with E-state index in [0.29, 0.717) is 13.0 Å². The normalized spacial score (nSPS) is 31.0.